The van der Waals surface area contributed by atoms with Gasteiger partial charge in [-0.05, 0) is 42.9 Å². The van der Waals surface area contributed by atoms with Gasteiger partial charge in [0.2, 0.25) is 0 Å². The van der Waals surface area contributed by atoms with Crippen molar-refractivity contribution in [1.29, 1.82) is 0 Å². The predicted octanol–water partition coefficient (Wildman–Crippen LogP) is 3.89. The summed E-state index contributed by atoms with van der Waals surface area (Å²) in [6.07, 6.45) is 5.42. The lowest BCUT2D eigenvalue weighted by Gasteiger charge is -2.19. The normalized spacial score (nSPS) is 18.8. The number of hydrogen-bond donors (Lipinski definition) is 1. The second-order valence-electron chi connectivity index (χ2n) is 4.72. The molecule has 1 N–H and O–H groups in total. The van der Waals surface area contributed by atoms with Crippen LogP contribution in [0.25, 0.3) is 0 Å². The SMILES string of the molecule is C[C@@H](CSc1ccccc1)[C@@H](O)C1=CCCC1. The van der Waals surface area contributed by atoms with E-state index < -0.39 is 0 Å². The van der Waals surface area contributed by atoms with Gasteiger partial charge in [0.25, 0.3) is 0 Å². The molecule has 1 aromatic rings. The molecule has 0 radical (unpaired) electrons. The van der Waals surface area contributed by atoms with Crippen molar-refractivity contribution in [2.45, 2.75) is 37.2 Å². The number of thioether (sulfide) groups is 1. The third-order valence-corrected chi connectivity index (χ3v) is 4.55. The molecule has 0 fully saturated rings. The summed E-state index contributed by atoms with van der Waals surface area (Å²) in [5.41, 5.74) is 1.26. The van der Waals surface area contributed by atoms with Crippen molar-refractivity contribution in [2.75, 3.05) is 5.75 Å². The van der Waals surface area contributed by atoms with Gasteiger partial charge in [-0.15, -0.1) is 11.8 Å². The molecule has 1 aliphatic rings. The summed E-state index contributed by atoms with van der Waals surface area (Å²) in [5, 5.41) is 10.2. The molecule has 0 heterocycles. The van der Waals surface area contributed by atoms with Crippen LogP contribution in [0.15, 0.2) is 46.9 Å². The molecule has 1 aromatic carbocycles. The lowest BCUT2D eigenvalue weighted by Crippen LogP contribution is -2.21. The highest BCUT2D eigenvalue weighted by atomic mass is 32.2. The minimum Gasteiger partial charge on any atom is -0.388 e. The minimum atomic E-state index is -0.242. The molecule has 1 aliphatic carbocycles. The van der Waals surface area contributed by atoms with Crippen LogP contribution in [-0.2, 0) is 0 Å². The van der Waals surface area contributed by atoms with Gasteiger partial charge < -0.3 is 5.11 Å². The van der Waals surface area contributed by atoms with Gasteiger partial charge in [-0.3, -0.25) is 0 Å². The van der Waals surface area contributed by atoms with E-state index in [-0.39, 0.29) is 6.10 Å². The fourth-order valence-corrected chi connectivity index (χ4v) is 3.15. The van der Waals surface area contributed by atoms with Crippen molar-refractivity contribution in [3.63, 3.8) is 0 Å². The maximum absolute atomic E-state index is 10.2. The van der Waals surface area contributed by atoms with Crippen LogP contribution in [0, 0.1) is 5.92 Å². The Kier molecular flexibility index (Phi) is 4.69. The summed E-state index contributed by atoms with van der Waals surface area (Å²) in [7, 11) is 0. The number of hydrogen-bond acceptors (Lipinski definition) is 2. The number of rotatable bonds is 5. The second-order valence-corrected chi connectivity index (χ2v) is 5.81. The first-order valence-electron chi connectivity index (χ1n) is 6.32. The van der Waals surface area contributed by atoms with E-state index in [1.54, 1.807) is 0 Å². The predicted molar refractivity (Wildman–Crippen MR) is 74.3 cm³/mol. The molecule has 2 atom stereocenters. The van der Waals surface area contributed by atoms with Crippen LogP contribution in [0.1, 0.15) is 26.2 Å². The van der Waals surface area contributed by atoms with Crippen molar-refractivity contribution in [2.24, 2.45) is 5.92 Å². The Balaban J connectivity index is 1.82. The summed E-state index contributed by atoms with van der Waals surface area (Å²) in [5.74, 6) is 1.30. The highest BCUT2D eigenvalue weighted by Gasteiger charge is 2.20. The maximum Gasteiger partial charge on any atom is 0.0783 e. The van der Waals surface area contributed by atoms with Crippen LogP contribution >= 0.6 is 11.8 Å². The molecule has 0 aromatic heterocycles. The van der Waals surface area contributed by atoms with E-state index in [1.165, 1.54) is 16.9 Å². The van der Waals surface area contributed by atoms with Gasteiger partial charge in [0.15, 0.2) is 0 Å². The Hall–Kier alpha value is -0.730. The Morgan fingerprint density at radius 3 is 2.71 bits per heavy atom. The minimum absolute atomic E-state index is 0.242. The zero-order valence-electron chi connectivity index (χ0n) is 10.3. The van der Waals surface area contributed by atoms with E-state index in [9.17, 15) is 5.11 Å². The van der Waals surface area contributed by atoms with Crippen LogP contribution in [-0.4, -0.2) is 17.0 Å². The molecule has 17 heavy (non-hydrogen) atoms. The van der Waals surface area contributed by atoms with E-state index in [2.05, 4.69) is 37.3 Å². The Morgan fingerprint density at radius 2 is 2.06 bits per heavy atom. The topological polar surface area (TPSA) is 20.2 Å². The first kappa shape index (κ1) is 12.7. The number of aliphatic hydroxyl groups is 1. The first-order chi connectivity index (χ1) is 8.27. The first-order valence-corrected chi connectivity index (χ1v) is 7.31. The summed E-state index contributed by atoms with van der Waals surface area (Å²) in [6, 6.07) is 10.4. The molecule has 0 spiro atoms. The monoisotopic (exact) mass is 248 g/mol. The molecule has 0 aliphatic heterocycles. The van der Waals surface area contributed by atoms with Crippen molar-refractivity contribution in [3.05, 3.63) is 42.0 Å². The standard InChI is InChI=1S/C15H20OS/c1-12(15(16)13-7-5-6-8-13)11-17-14-9-3-2-4-10-14/h2-4,7,9-10,12,15-16H,5-6,8,11H2,1H3/t12-,15+/m0/s1. The largest absolute Gasteiger partial charge is 0.388 e. The highest BCUT2D eigenvalue weighted by molar-refractivity contribution is 7.99. The van der Waals surface area contributed by atoms with Gasteiger partial charge >= 0.3 is 0 Å². The number of aliphatic hydroxyl groups excluding tert-OH is 1. The molecule has 92 valence electrons. The van der Waals surface area contributed by atoms with E-state index >= 15 is 0 Å². The quantitative estimate of drug-likeness (QED) is 0.630. The van der Waals surface area contributed by atoms with E-state index in [1.807, 2.05) is 17.8 Å². The second kappa shape index (κ2) is 6.27. The average Bonchev–Trinajstić information content (AvgIpc) is 2.90. The van der Waals surface area contributed by atoms with E-state index in [0.717, 1.165) is 18.6 Å². The molecule has 0 saturated carbocycles. The van der Waals surface area contributed by atoms with Crippen molar-refractivity contribution >= 4 is 11.8 Å². The highest BCUT2D eigenvalue weighted by Crippen LogP contribution is 2.28. The van der Waals surface area contributed by atoms with Gasteiger partial charge in [-0.25, -0.2) is 0 Å². The third kappa shape index (κ3) is 3.62. The molecule has 0 saturated heterocycles. The fraction of sp³-hybridized carbons (Fsp3) is 0.467. The summed E-state index contributed by atoms with van der Waals surface area (Å²) >= 11 is 1.83. The molecule has 1 nitrogen and oxygen atoms in total. The van der Waals surface area contributed by atoms with Crippen molar-refractivity contribution in [3.8, 4) is 0 Å². The van der Waals surface area contributed by atoms with Gasteiger partial charge in [-0.2, -0.15) is 0 Å². The fourth-order valence-electron chi connectivity index (χ4n) is 2.17. The Labute approximate surface area is 108 Å². The average molecular weight is 248 g/mol. The van der Waals surface area contributed by atoms with Crippen LogP contribution in [0.2, 0.25) is 0 Å². The van der Waals surface area contributed by atoms with Gasteiger partial charge in [-0.1, -0.05) is 31.2 Å². The van der Waals surface area contributed by atoms with Crippen molar-refractivity contribution < 1.29 is 5.11 Å². The lowest BCUT2D eigenvalue weighted by molar-refractivity contribution is 0.160. The van der Waals surface area contributed by atoms with Gasteiger partial charge in [0.05, 0.1) is 6.10 Å². The summed E-state index contributed by atoms with van der Waals surface area (Å²) in [4.78, 5) is 1.28. The Bertz CT molecular complexity index is 372. The molecular formula is C15H20OS. The summed E-state index contributed by atoms with van der Waals surface area (Å²) in [6.45, 7) is 2.14. The van der Waals surface area contributed by atoms with Gasteiger partial charge in [0.1, 0.15) is 0 Å². The maximum atomic E-state index is 10.2. The Morgan fingerprint density at radius 1 is 1.29 bits per heavy atom. The van der Waals surface area contributed by atoms with Crippen LogP contribution < -0.4 is 0 Å². The lowest BCUT2D eigenvalue weighted by atomic mass is 9.99. The molecule has 0 bridgehead atoms. The smallest absolute Gasteiger partial charge is 0.0783 e. The zero-order chi connectivity index (χ0) is 12.1. The molecule has 0 unspecified atom stereocenters. The summed E-state index contributed by atoms with van der Waals surface area (Å²) < 4.78 is 0. The molecule has 2 heteroatoms. The molecular weight excluding hydrogens is 228 g/mol. The zero-order valence-corrected chi connectivity index (χ0v) is 11.1. The van der Waals surface area contributed by atoms with Gasteiger partial charge in [0, 0.05) is 10.6 Å². The van der Waals surface area contributed by atoms with Crippen LogP contribution in [0.5, 0.6) is 0 Å². The third-order valence-electron chi connectivity index (χ3n) is 3.25. The van der Waals surface area contributed by atoms with Crippen LogP contribution in [0.4, 0.5) is 0 Å². The number of allylic oxidation sites excluding steroid dienone is 1. The van der Waals surface area contributed by atoms with E-state index in [4.69, 9.17) is 0 Å². The number of benzene rings is 1. The van der Waals surface area contributed by atoms with Crippen LogP contribution in [0.3, 0.4) is 0 Å². The molecule has 2 rings (SSSR count). The van der Waals surface area contributed by atoms with E-state index in [0.29, 0.717) is 5.92 Å². The van der Waals surface area contributed by atoms with Crippen molar-refractivity contribution in [1.82, 2.24) is 0 Å². The molecule has 0 amide bonds.